The molecule has 0 bridgehead atoms. The van der Waals surface area contributed by atoms with E-state index in [1.807, 2.05) is 0 Å². The van der Waals surface area contributed by atoms with Crippen LogP contribution in [0.15, 0.2) is 39.2 Å². The quantitative estimate of drug-likeness (QED) is 0.617. The summed E-state index contributed by atoms with van der Waals surface area (Å²) in [4.78, 5) is 21.7. The topological polar surface area (TPSA) is 47.2 Å². The lowest BCUT2D eigenvalue weighted by atomic mass is 9.86. The van der Waals surface area contributed by atoms with Gasteiger partial charge >= 0.3 is 0 Å². The molecule has 126 valence electrons. The van der Waals surface area contributed by atoms with Crippen LogP contribution >= 0.6 is 11.8 Å². The Hall–Kier alpha value is -1.88. The molecule has 0 N–H and O–H groups in total. The summed E-state index contributed by atoms with van der Waals surface area (Å²) in [6, 6.07) is 8.35. The zero-order valence-electron chi connectivity index (χ0n) is 14.7. The molecule has 0 unspecified atom stereocenters. The van der Waals surface area contributed by atoms with Gasteiger partial charge in [-0.3, -0.25) is 14.4 Å². The third kappa shape index (κ3) is 3.18. The van der Waals surface area contributed by atoms with Crippen molar-refractivity contribution < 1.29 is 0 Å². The van der Waals surface area contributed by atoms with Crippen LogP contribution in [-0.2, 0) is 12.0 Å². The number of fused-ring (bicyclic) bond motifs is 1. The second kappa shape index (κ2) is 6.55. The van der Waals surface area contributed by atoms with Gasteiger partial charge in [0.05, 0.1) is 11.3 Å². The van der Waals surface area contributed by atoms with E-state index in [-0.39, 0.29) is 11.0 Å². The van der Waals surface area contributed by atoms with Crippen LogP contribution in [0.2, 0.25) is 0 Å². The van der Waals surface area contributed by atoms with E-state index >= 15 is 0 Å². The molecule has 0 amide bonds. The number of rotatable bonds is 2. The van der Waals surface area contributed by atoms with E-state index in [1.54, 1.807) is 29.6 Å². The minimum atomic E-state index is 0.00713. The molecule has 1 aromatic heterocycles. The second-order valence-electron chi connectivity index (χ2n) is 7.03. The minimum Gasteiger partial charge on any atom is -0.296 e. The SMILES string of the molecule is C/N=C/c1c(-c2ccc(C(C)(C)C)cc2)nc2n(c1=O)CCCS2. The van der Waals surface area contributed by atoms with Crippen LogP contribution in [0, 0.1) is 0 Å². The Balaban J connectivity index is 2.16. The Morgan fingerprint density at radius 2 is 1.96 bits per heavy atom. The molecule has 5 heteroatoms. The Labute approximate surface area is 147 Å². The van der Waals surface area contributed by atoms with Crippen LogP contribution in [0.1, 0.15) is 38.3 Å². The number of thioether (sulfide) groups is 1. The van der Waals surface area contributed by atoms with Gasteiger partial charge in [-0.1, -0.05) is 56.8 Å². The Morgan fingerprint density at radius 3 is 2.58 bits per heavy atom. The highest BCUT2D eigenvalue weighted by Gasteiger charge is 2.20. The summed E-state index contributed by atoms with van der Waals surface area (Å²) < 4.78 is 1.78. The molecular weight excluding hydrogens is 318 g/mol. The summed E-state index contributed by atoms with van der Waals surface area (Å²) in [6.07, 6.45) is 2.64. The predicted molar refractivity (Wildman–Crippen MR) is 101 cm³/mol. The first-order valence-corrected chi connectivity index (χ1v) is 9.21. The Morgan fingerprint density at radius 1 is 1.25 bits per heavy atom. The lowest BCUT2D eigenvalue weighted by Crippen LogP contribution is -2.29. The molecular formula is C19H23N3OS. The molecule has 1 aromatic carbocycles. The average Bonchev–Trinajstić information content (AvgIpc) is 2.57. The summed E-state index contributed by atoms with van der Waals surface area (Å²) in [6.45, 7) is 7.31. The predicted octanol–water partition coefficient (Wildman–Crippen LogP) is 3.75. The van der Waals surface area contributed by atoms with Gasteiger partial charge < -0.3 is 0 Å². The first-order chi connectivity index (χ1) is 11.4. The van der Waals surface area contributed by atoms with Crippen molar-refractivity contribution in [1.29, 1.82) is 0 Å². The van der Waals surface area contributed by atoms with Gasteiger partial charge in [-0.05, 0) is 17.4 Å². The van der Waals surface area contributed by atoms with Crippen molar-refractivity contribution in [2.75, 3.05) is 12.8 Å². The number of hydrogen-bond donors (Lipinski definition) is 0. The van der Waals surface area contributed by atoms with Gasteiger partial charge in [-0.15, -0.1) is 0 Å². The summed E-state index contributed by atoms with van der Waals surface area (Å²) >= 11 is 1.65. The normalized spacial score (nSPS) is 14.8. The lowest BCUT2D eigenvalue weighted by Gasteiger charge is -2.20. The number of aliphatic imine (C=N–C) groups is 1. The molecule has 24 heavy (non-hydrogen) atoms. The van der Waals surface area contributed by atoms with Crippen molar-refractivity contribution in [3.05, 3.63) is 45.7 Å². The highest BCUT2D eigenvalue weighted by molar-refractivity contribution is 7.99. The molecule has 1 aliphatic heterocycles. The molecule has 0 radical (unpaired) electrons. The third-order valence-electron chi connectivity index (χ3n) is 4.21. The molecule has 0 atom stereocenters. The number of hydrogen-bond acceptors (Lipinski definition) is 4. The fourth-order valence-electron chi connectivity index (χ4n) is 2.84. The largest absolute Gasteiger partial charge is 0.296 e. The molecule has 2 aromatic rings. The van der Waals surface area contributed by atoms with Crippen LogP contribution in [0.4, 0.5) is 0 Å². The highest BCUT2D eigenvalue weighted by Crippen LogP contribution is 2.28. The number of benzene rings is 1. The van der Waals surface area contributed by atoms with E-state index in [0.717, 1.165) is 35.1 Å². The van der Waals surface area contributed by atoms with Crippen molar-refractivity contribution in [2.45, 2.75) is 44.3 Å². The minimum absolute atomic E-state index is 0.00713. The van der Waals surface area contributed by atoms with Gasteiger partial charge in [-0.25, -0.2) is 4.98 Å². The molecule has 0 spiro atoms. The van der Waals surface area contributed by atoms with Crippen LogP contribution in [0.3, 0.4) is 0 Å². The van der Waals surface area contributed by atoms with Crippen LogP contribution in [0.5, 0.6) is 0 Å². The summed E-state index contributed by atoms with van der Waals surface area (Å²) in [7, 11) is 1.69. The van der Waals surface area contributed by atoms with Gasteiger partial charge in [0, 0.05) is 31.1 Å². The average molecular weight is 341 g/mol. The summed E-state index contributed by atoms with van der Waals surface area (Å²) in [5, 5.41) is 0.814. The molecule has 0 saturated heterocycles. The smallest absolute Gasteiger partial charge is 0.263 e. The first kappa shape index (κ1) is 17.0. The van der Waals surface area contributed by atoms with Crippen LogP contribution in [0.25, 0.3) is 11.3 Å². The van der Waals surface area contributed by atoms with Crippen LogP contribution in [-0.4, -0.2) is 28.6 Å². The molecule has 2 heterocycles. The van der Waals surface area contributed by atoms with Crippen molar-refractivity contribution in [3.63, 3.8) is 0 Å². The first-order valence-electron chi connectivity index (χ1n) is 8.22. The molecule has 0 aliphatic carbocycles. The molecule has 1 aliphatic rings. The van der Waals surface area contributed by atoms with E-state index in [9.17, 15) is 4.79 Å². The molecule has 0 saturated carbocycles. The maximum Gasteiger partial charge on any atom is 0.263 e. The van der Waals surface area contributed by atoms with Crippen molar-refractivity contribution in [2.24, 2.45) is 4.99 Å². The molecule has 4 nitrogen and oxygen atoms in total. The second-order valence-corrected chi connectivity index (χ2v) is 8.09. The fraction of sp³-hybridized carbons (Fsp3) is 0.421. The standard InChI is InChI=1S/C19H23N3OS/c1-19(2,3)14-8-6-13(7-9-14)16-15(12-20-4)17(23)22-10-5-11-24-18(22)21-16/h6-9,12H,5,10-11H2,1-4H3/b20-12+. The Bertz CT molecular complexity index is 829. The van der Waals surface area contributed by atoms with Crippen molar-refractivity contribution in [3.8, 4) is 11.3 Å². The Kier molecular flexibility index (Phi) is 4.63. The molecule has 3 rings (SSSR count). The van der Waals surface area contributed by atoms with Gasteiger partial charge in [0.1, 0.15) is 0 Å². The molecule has 0 fully saturated rings. The van der Waals surface area contributed by atoms with Crippen LogP contribution < -0.4 is 5.56 Å². The lowest BCUT2D eigenvalue weighted by molar-refractivity contribution is 0.563. The zero-order chi connectivity index (χ0) is 17.3. The van der Waals surface area contributed by atoms with Gasteiger partial charge in [0.2, 0.25) is 0 Å². The van der Waals surface area contributed by atoms with E-state index in [4.69, 9.17) is 4.98 Å². The zero-order valence-corrected chi connectivity index (χ0v) is 15.5. The van der Waals surface area contributed by atoms with E-state index in [1.165, 1.54) is 5.56 Å². The highest BCUT2D eigenvalue weighted by atomic mass is 32.2. The van der Waals surface area contributed by atoms with Gasteiger partial charge in [-0.2, -0.15) is 0 Å². The van der Waals surface area contributed by atoms with E-state index in [0.29, 0.717) is 5.56 Å². The van der Waals surface area contributed by atoms with E-state index < -0.39 is 0 Å². The summed E-state index contributed by atoms with van der Waals surface area (Å²) in [5.41, 5.74) is 3.64. The van der Waals surface area contributed by atoms with Crippen molar-refractivity contribution >= 4 is 18.0 Å². The van der Waals surface area contributed by atoms with Gasteiger partial charge in [0.25, 0.3) is 5.56 Å². The monoisotopic (exact) mass is 341 g/mol. The number of nitrogens with zero attached hydrogens (tertiary/aromatic N) is 3. The maximum absolute atomic E-state index is 12.8. The van der Waals surface area contributed by atoms with Gasteiger partial charge in [0.15, 0.2) is 5.16 Å². The van der Waals surface area contributed by atoms with E-state index in [2.05, 4.69) is 50.0 Å². The number of aromatic nitrogens is 2. The third-order valence-corrected chi connectivity index (χ3v) is 5.27. The maximum atomic E-state index is 12.8. The fourth-order valence-corrected chi connectivity index (χ4v) is 3.78. The van der Waals surface area contributed by atoms with Crippen molar-refractivity contribution in [1.82, 2.24) is 9.55 Å². The summed E-state index contributed by atoms with van der Waals surface area (Å²) in [5.74, 6) is 1.01.